The molecule has 1 atom stereocenters. The van der Waals surface area contributed by atoms with Crippen molar-refractivity contribution in [3.63, 3.8) is 0 Å². The van der Waals surface area contributed by atoms with Gasteiger partial charge in [-0.05, 0) is 44.0 Å². The minimum Gasteiger partial charge on any atom is -0.457 e. The third-order valence-corrected chi connectivity index (χ3v) is 3.59. The summed E-state index contributed by atoms with van der Waals surface area (Å²) in [7, 11) is 0. The molecule has 1 aromatic carbocycles. The number of aryl methyl sites for hydroxylation is 2. The van der Waals surface area contributed by atoms with Gasteiger partial charge in [0.15, 0.2) is 5.57 Å². The summed E-state index contributed by atoms with van der Waals surface area (Å²) in [4.78, 5) is 0. The van der Waals surface area contributed by atoms with E-state index in [4.69, 9.17) is 15.2 Å². The van der Waals surface area contributed by atoms with Crippen LogP contribution in [0, 0.1) is 25.2 Å². The molecule has 5 nitrogen and oxygen atoms in total. The molecule has 102 valence electrons. The summed E-state index contributed by atoms with van der Waals surface area (Å²) < 4.78 is 11.3. The Morgan fingerprint density at radius 2 is 1.95 bits per heavy atom. The van der Waals surface area contributed by atoms with Crippen molar-refractivity contribution in [3.05, 3.63) is 46.6 Å². The van der Waals surface area contributed by atoms with E-state index in [0.29, 0.717) is 11.5 Å². The monoisotopic (exact) mass is 269 g/mol. The number of ether oxygens (including phenoxy) is 2. The number of nitriles is 1. The number of fused-ring (bicyclic) bond motifs is 1. The van der Waals surface area contributed by atoms with Gasteiger partial charge in [0, 0.05) is 6.08 Å². The molecule has 5 heteroatoms. The number of nitrogens with one attached hydrogen (secondary N) is 1. The molecular weight excluding hydrogens is 254 g/mol. The largest absolute Gasteiger partial charge is 0.457 e. The Morgan fingerprint density at radius 1 is 1.25 bits per heavy atom. The predicted octanol–water partition coefficient (Wildman–Crippen LogP) is 2.43. The van der Waals surface area contributed by atoms with Crippen LogP contribution in [-0.4, -0.2) is 5.72 Å². The molecule has 3 rings (SSSR count). The molecule has 2 aliphatic rings. The van der Waals surface area contributed by atoms with Crippen LogP contribution >= 0.6 is 0 Å². The van der Waals surface area contributed by atoms with E-state index < -0.39 is 5.72 Å². The van der Waals surface area contributed by atoms with E-state index in [2.05, 4.69) is 11.4 Å². The van der Waals surface area contributed by atoms with Gasteiger partial charge in [-0.2, -0.15) is 5.26 Å². The highest BCUT2D eigenvalue weighted by Crippen LogP contribution is 2.44. The molecule has 2 heterocycles. The number of nitrogens with two attached hydrogens (primary N) is 1. The molecule has 0 aromatic heterocycles. The Labute approximate surface area is 117 Å². The van der Waals surface area contributed by atoms with Crippen LogP contribution < -0.4 is 15.8 Å². The van der Waals surface area contributed by atoms with E-state index in [1.165, 1.54) is 0 Å². The van der Waals surface area contributed by atoms with Gasteiger partial charge < -0.3 is 20.5 Å². The first kappa shape index (κ1) is 12.4. The van der Waals surface area contributed by atoms with Gasteiger partial charge in [0.05, 0.1) is 5.69 Å². The maximum atomic E-state index is 9.34. The smallest absolute Gasteiger partial charge is 0.245 e. The van der Waals surface area contributed by atoms with E-state index >= 15 is 0 Å². The van der Waals surface area contributed by atoms with Crippen molar-refractivity contribution < 1.29 is 9.47 Å². The molecule has 0 fully saturated rings. The van der Waals surface area contributed by atoms with Gasteiger partial charge in [-0.25, -0.2) is 0 Å². The lowest BCUT2D eigenvalue weighted by molar-refractivity contribution is 0.175. The second kappa shape index (κ2) is 3.94. The van der Waals surface area contributed by atoms with E-state index in [1.54, 1.807) is 13.0 Å². The summed E-state index contributed by atoms with van der Waals surface area (Å²) in [5.74, 6) is 1.37. The molecule has 1 unspecified atom stereocenters. The van der Waals surface area contributed by atoms with Crippen LogP contribution in [0.2, 0.25) is 0 Å². The number of anilines is 1. The number of allylic oxidation sites excluding steroid dienone is 1. The minimum atomic E-state index is -1.07. The van der Waals surface area contributed by atoms with Crippen molar-refractivity contribution in [2.24, 2.45) is 5.73 Å². The zero-order chi connectivity index (χ0) is 14.5. The highest BCUT2D eigenvalue weighted by atomic mass is 16.5. The number of hydrogen-bond donors (Lipinski definition) is 2. The van der Waals surface area contributed by atoms with Crippen LogP contribution in [0.3, 0.4) is 0 Å². The fourth-order valence-corrected chi connectivity index (χ4v) is 2.48. The van der Waals surface area contributed by atoms with Gasteiger partial charge in [-0.3, -0.25) is 0 Å². The van der Waals surface area contributed by atoms with Crippen LogP contribution in [-0.2, 0) is 4.74 Å². The third-order valence-electron chi connectivity index (χ3n) is 3.59. The minimum absolute atomic E-state index is 0.0706. The van der Waals surface area contributed by atoms with Crippen molar-refractivity contribution in [2.45, 2.75) is 26.5 Å². The van der Waals surface area contributed by atoms with Crippen molar-refractivity contribution in [2.75, 3.05) is 5.32 Å². The molecule has 0 saturated heterocycles. The highest BCUT2D eigenvalue weighted by Gasteiger charge is 2.46. The fraction of sp³-hybridized carbons (Fsp3) is 0.267. The van der Waals surface area contributed by atoms with Crippen LogP contribution in [0.5, 0.6) is 5.75 Å². The van der Waals surface area contributed by atoms with E-state index in [0.717, 1.165) is 16.8 Å². The second-order valence-electron chi connectivity index (χ2n) is 5.10. The molecule has 1 spiro atoms. The van der Waals surface area contributed by atoms with E-state index in [9.17, 15) is 5.26 Å². The SMILES string of the molecule is CC1=CC2(Nc3cc(C)c(C)cc3O2)C(C#N)=C(N)O1. The summed E-state index contributed by atoms with van der Waals surface area (Å²) in [6, 6.07) is 6.03. The quantitative estimate of drug-likeness (QED) is 0.756. The van der Waals surface area contributed by atoms with Crippen molar-refractivity contribution in [1.82, 2.24) is 0 Å². The first-order chi connectivity index (χ1) is 9.45. The standard InChI is InChI=1S/C15H15N3O2/c1-8-4-12-13(5-9(8)2)20-15(18-12)6-10(3)19-14(17)11(15)7-16/h4-6,18H,17H2,1-3H3. The zero-order valence-corrected chi connectivity index (χ0v) is 11.6. The Balaban J connectivity index is 2.13. The van der Waals surface area contributed by atoms with E-state index in [1.807, 2.05) is 26.0 Å². The predicted molar refractivity (Wildman–Crippen MR) is 74.6 cm³/mol. The third kappa shape index (κ3) is 1.62. The van der Waals surface area contributed by atoms with Crippen molar-refractivity contribution >= 4 is 5.69 Å². The number of hydrogen-bond acceptors (Lipinski definition) is 5. The van der Waals surface area contributed by atoms with Gasteiger partial charge in [-0.1, -0.05) is 0 Å². The summed E-state index contributed by atoms with van der Waals surface area (Å²) >= 11 is 0. The Bertz CT molecular complexity index is 680. The van der Waals surface area contributed by atoms with Crippen molar-refractivity contribution in [3.8, 4) is 11.8 Å². The first-order valence-corrected chi connectivity index (χ1v) is 6.31. The summed E-state index contributed by atoms with van der Waals surface area (Å²) in [6.45, 7) is 5.82. The molecule has 1 aromatic rings. The normalized spacial score (nSPS) is 23.4. The number of nitrogens with zero attached hydrogens (tertiary/aromatic N) is 1. The highest BCUT2D eigenvalue weighted by molar-refractivity contribution is 5.69. The Hall–Kier alpha value is -2.61. The summed E-state index contributed by atoms with van der Waals surface area (Å²) in [5.41, 5.74) is 8.10. The molecule has 0 radical (unpaired) electrons. The maximum absolute atomic E-state index is 9.34. The van der Waals surface area contributed by atoms with Crippen molar-refractivity contribution in [1.29, 1.82) is 5.26 Å². The van der Waals surface area contributed by atoms with Gasteiger partial charge in [0.25, 0.3) is 0 Å². The average Bonchev–Trinajstić information content (AvgIpc) is 2.66. The van der Waals surface area contributed by atoms with Gasteiger partial charge >= 0.3 is 0 Å². The van der Waals surface area contributed by atoms with Gasteiger partial charge in [0.1, 0.15) is 17.6 Å². The van der Waals surface area contributed by atoms with E-state index in [-0.39, 0.29) is 11.5 Å². The van der Waals surface area contributed by atoms with Crippen LogP contribution in [0.1, 0.15) is 18.1 Å². The molecule has 3 N–H and O–H groups in total. The van der Waals surface area contributed by atoms with Gasteiger partial charge in [0.2, 0.25) is 11.6 Å². The molecule has 0 aliphatic carbocycles. The van der Waals surface area contributed by atoms with Gasteiger partial charge in [-0.15, -0.1) is 0 Å². The molecular formula is C15H15N3O2. The lowest BCUT2D eigenvalue weighted by atomic mass is 10.0. The Morgan fingerprint density at radius 3 is 2.65 bits per heavy atom. The Kier molecular flexibility index (Phi) is 2.45. The van der Waals surface area contributed by atoms with Crippen LogP contribution in [0.4, 0.5) is 5.69 Å². The molecule has 0 saturated carbocycles. The number of rotatable bonds is 0. The lowest BCUT2D eigenvalue weighted by Crippen LogP contribution is -2.44. The number of benzene rings is 1. The lowest BCUT2D eigenvalue weighted by Gasteiger charge is -2.30. The van der Waals surface area contributed by atoms with Crippen LogP contribution in [0.15, 0.2) is 35.4 Å². The second-order valence-corrected chi connectivity index (χ2v) is 5.10. The molecule has 2 aliphatic heterocycles. The van der Waals surface area contributed by atoms with Crippen LogP contribution in [0.25, 0.3) is 0 Å². The maximum Gasteiger partial charge on any atom is 0.245 e. The summed E-state index contributed by atoms with van der Waals surface area (Å²) in [5, 5.41) is 12.6. The average molecular weight is 269 g/mol. The fourth-order valence-electron chi connectivity index (χ4n) is 2.48. The molecule has 0 bridgehead atoms. The molecule has 20 heavy (non-hydrogen) atoms. The topological polar surface area (TPSA) is 80.3 Å². The molecule has 0 amide bonds. The zero-order valence-electron chi connectivity index (χ0n) is 11.6. The first-order valence-electron chi connectivity index (χ1n) is 6.31. The summed E-state index contributed by atoms with van der Waals surface area (Å²) in [6.07, 6.45) is 1.73.